The molecule has 0 spiro atoms. The SMILES string of the molecule is CCNC(Cc1ccc(C)cc1Cl)c1cccc(I)c1. The minimum atomic E-state index is 0.301. The molecule has 0 aliphatic rings. The summed E-state index contributed by atoms with van der Waals surface area (Å²) >= 11 is 8.72. The first-order valence-electron chi connectivity index (χ1n) is 6.84. The van der Waals surface area contributed by atoms with Gasteiger partial charge in [0.2, 0.25) is 0 Å². The van der Waals surface area contributed by atoms with Crippen LogP contribution in [0.15, 0.2) is 42.5 Å². The molecule has 0 aliphatic heterocycles. The van der Waals surface area contributed by atoms with Crippen LogP contribution in [0.1, 0.15) is 29.7 Å². The maximum absolute atomic E-state index is 6.36. The van der Waals surface area contributed by atoms with E-state index in [0.29, 0.717) is 6.04 Å². The zero-order valence-corrected chi connectivity index (χ0v) is 14.7. The molecule has 2 rings (SSSR count). The van der Waals surface area contributed by atoms with Crippen LogP contribution >= 0.6 is 34.2 Å². The number of likely N-dealkylation sites (N-methyl/N-ethyl adjacent to an activating group) is 1. The average Bonchev–Trinajstić information content (AvgIpc) is 2.41. The molecule has 0 saturated carbocycles. The summed E-state index contributed by atoms with van der Waals surface area (Å²) < 4.78 is 1.26. The van der Waals surface area contributed by atoms with Gasteiger partial charge in [0.15, 0.2) is 0 Å². The second-order valence-electron chi connectivity index (χ2n) is 4.96. The molecule has 0 fully saturated rings. The molecule has 1 nitrogen and oxygen atoms in total. The fraction of sp³-hybridized carbons (Fsp3) is 0.294. The molecule has 3 heteroatoms. The largest absolute Gasteiger partial charge is 0.310 e. The van der Waals surface area contributed by atoms with E-state index in [0.717, 1.165) is 18.0 Å². The first-order chi connectivity index (χ1) is 9.60. The first-order valence-corrected chi connectivity index (χ1v) is 8.29. The maximum Gasteiger partial charge on any atom is 0.0441 e. The fourth-order valence-corrected chi connectivity index (χ4v) is 3.19. The van der Waals surface area contributed by atoms with Crippen LogP contribution in [0, 0.1) is 10.5 Å². The number of hydrogen-bond donors (Lipinski definition) is 1. The normalized spacial score (nSPS) is 12.4. The lowest BCUT2D eigenvalue weighted by Gasteiger charge is -2.19. The van der Waals surface area contributed by atoms with E-state index in [1.807, 2.05) is 6.07 Å². The molecule has 0 aromatic heterocycles. The van der Waals surface area contributed by atoms with E-state index in [9.17, 15) is 0 Å². The van der Waals surface area contributed by atoms with E-state index in [1.54, 1.807) is 0 Å². The van der Waals surface area contributed by atoms with Crippen LogP contribution in [0.3, 0.4) is 0 Å². The lowest BCUT2D eigenvalue weighted by Crippen LogP contribution is -2.23. The molecule has 0 saturated heterocycles. The van der Waals surface area contributed by atoms with Gasteiger partial charge in [-0.1, -0.05) is 42.8 Å². The van der Waals surface area contributed by atoms with Gasteiger partial charge in [-0.15, -0.1) is 0 Å². The first kappa shape index (κ1) is 15.8. The Balaban J connectivity index is 2.25. The average molecular weight is 400 g/mol. The summed E-state index contributed by atoms with van der Waals surface area (Å²) in [4.78, 5) is 0. The summed E-state index contributed by atoms with van der Waals surface area (Å²) in [6.45, 7) is 5.15. The van der Waals surface area contributed by atoms with Crippen LogP contribution in [0.5, 0.6) is 0 Å². The molecule has 0 aliphatic carbocycles. The van der Waals surface area contributed by atoms with Gasteiger partial charge in [-0.3, -0.25) is 0 Å². The number of hydrogen-bond acceptors (Lipinski definition) is 1. The van der Waals surface area contributed by atoms with E-state index in [1.165, 1.54) is 20.3 Å². The van der Waals surface area contributed by atoms with E-state index in [4.69, 9.17) is 11.6 Å². The molecule has 1 N–H and O–H groups in total. The molecule has 106 valence electrons. The number of rotatable bonds is 5. The van der Waals surface area contributed by atoms with E-state index < -0.39 is 0 Å². The van der Waals surface area contributed by atoms with Gasteiger partial charge in [0.25, 0.3) is 0 Å². The Bertz CT molecular complexity index is 583. The fourth-order valence-electron chi connectivity index (χ4n) is 2.32. The standard InChI is InChI=1S/C17H19ClIN/c1-3-20-17(14-5-4-6-15(19)10-14)11-13-8-7-12(2)9-16(13)18/h4-10,17,20H,3,11H2,1-2H3. The zero-order valence-electron chi connectivity index (χ0n) is 11.8. The Morgan fingerprint density at radius 2 is 2.00 bits per heavy atom. The van der Waals surface area contributed by atoms with Crippen molar-refractivity contribution in [1.29, 1.82) is 0 Å². The molecular formula is C17H19ClIN. The predicted octanol–water partition coefficient (Wildman–Crippen LogP) is 5.15. The Morgan fingerprint density at radius 1 is 1.20 bits per heavy atom. The molecule has 0 radical (unpaired) electrons. The molecule has 0 bridgehead atoms. The minimum absolute atomic E-state index is 0.301. The Kier molecular flexibility index (Phi) is 5.87. The summed E-state index contributed by atoms with van der Waals surface area (Å²) in [5.41, 5.74) is 3.71. The van der Waals surface area contributed by atoms with Crippen molar-refractivity contribution in [3.05, 3.63) is 67.7 Å². The van der Waals surface area contributed by atoms with Crippen LogP contribution in [0.25, 0.3) is 0 Å². The van der Waals surface area contributed by atoms with Crippen molar-refractivity contribution in [2.75, 3.05) is 6.54 Å². The van der Waals surface area contributed by atoms with Crippen molar-refractivity contribution < 1.29 is 0 Å². The zero-order chi connectivity index (χ0) is 14.5. The Labute approximate surface area is 139 Å². The Morgan fingerprint density at radius 3 is 2.65 bits per heavy atom. The molecule has 0 heterocycles. The highest BCUT2D eigenvalue weighted by Gasteiger charge is 2.13. The highest BCUT2D eigenvalue weighted by molar-refractivity contribution is 14.1. The second-order valence-corrected chi connectivity index (χ2v) is 6.62. The summed E-state index contributed by atoms with van der Waals surface area (Å²) in [5, 5.41) is 4.41. The van der Waals surface area contributed by atoms with Gasteiger partial charge in [0.05, 0.1) is 0 Å². The third-order valence-electron chi connectivity index (χ3n) is 3.33. The van der Waals surface area contributed by atoms with Crippen LogP contribution in [0.4, 0.5) is 0 Å². The van der Waals surface area contributed by atoms with Crippen molar-refractivity contribution in [2.24, 2.45) is 0 Å². The summed E-state index contributed by atoms with van der Waals surface area (Å²) in [7, 11) is 0. The van der Waals surface area contributed by atoms with Crippen molar-refractivity contribution in [1.82, 2.24) is 5.32 Å². The van der Waals surface area contributed by atoms with Crippen LogP contribution in [-0.2, 0) is 6.42 Å². The van der Waals surface area contributed by atoms with E-state index in [2.05, 4.69) is 78.2 Å². The smallest absolute Gasteiger partial charge is 0.0441 e. The summed E-state index contributed by atoms with van der Waals surface area (Å²) in [5.74, 6) is 0. The molecular weight excluding hydrogens is 381 g/mol. The third kappa shape index (κ3) is 4.21. The summed E-state index contributed by atoms with van der Waals surface area (Å²) in [6, 6.07) is 15.2. The molecule has 2 aromatic rings. The topological polar surface area (TPSA) is 12.0 Å². The highest BCUT2D eigenvalue weighted by Crippen LogP contribution is 2.25. The number of aryl methyl sites for hydroxylation is 1. The van der Waals surface area contributed by atoms with Gasteiger partial charge in [-0.25, -0.2) is 0 Å². The molecule has 20 heavy (non-hydrogen) atoms. The quantitative estimate of drug-likeness (QED) is 0.686. The van der Waals surface area contributed by atoms with E-state index in [-0.39, 0.29) is 0 Å². The van der Waals surface area contributed by atoms with Gasteiger partial charge in [0, 0.05) is 14.6 Å². The van der Waals surface area contributed by atoms with Crippen molar-refractivity contribution in [3.8, 4) is 0 Å². The lowest BCUT2D eigenvalue weighted by molar-refractivity contribution is 0.549. The van der Waals surface area contributed by atoms with Gasteiger partial charge in [0.1, 0.15) is 0 Å². The molecule has 2 aromatic carbocycles. The number of halogens is 2. The highest BCUT2D eigenvalue weighted by atomic mass is 127. The molecule has 1 unspecified atom stereocenters. The monoisotopic (exact) mass is 399 g/mol. The Hall–Kier alpha value is -0.580. The van der Waals surface area contributed by atoms with Gasteiger partial charge >= 0.3 is 0 Å². The van der Waals surface area contributed by atoms with Crippen molar-refractivity contribution in [3.63, 3.8) is 0 Å². The minimum Gasteiger partial charge on any atom is -0.310 e. The van der Waals surface area contributed by atoms with Crippen LogP contribution in [-0.4, -0.2) is 6.54 Å². The summed E-state index contributed by atoms with van der Waals surface area (Å²) in [6.07, 6.45) is 0.910. The van der Waals surface area contributed by atoms with Crippen molar-refractivity contribution in [2.45, 2.75) is 26.3 Å². The third-order valence-corrected chi connectivity index (χ3v) is 4.36. The second kappa shape index (κ2) is 7.43. The lowest BCUT2D eigenvalue weighted by atomic mass is 9.98. The number of benzene rings is 2. The molecule has 1 atom stereocenters. The number of nitrogens with one attached hydrogen (secondary N) is 1. The van der Waals surface area contributed by atoms with E-state index >= 15 is 0 Å². The van der Waals surface area contributed by atoms with Gasteiger partial charge in [-0.2, -0.15) is 0 Å². The molecule has 0 amide bonds. The van der Waals surface area contributed by atoms with Gasteiger partial charge in [-0.05, 0) is 77.4 Å². The van der Waals surface area contributed by atoms with Crippen LogP contribution < -0.4 is 5.32 Å². The van der Waals surface area contributed by atoms with Gasteiger partial charge < -0.3 is 5.32 Å². The van der Waals surface area contributed by atoms with Crippen LogP contribution in [0.2, 0.25) is 5.02 Å². The van der Waals surface area contributed by atoms with Crippen molar-refractivity contribution >= 4 is 34.2 Å². The predicted molar refractivity (Wildman–Crippen MR) is 95.5 cm³/mol. The maximum atomic E-state index is 6.36.